The maximum atomic E-state index is 9.42. The van der Waals surface area contributed by atoms with Gasteiger partial charge >= 0.3 is 0 Å². The Kier molecular flexibility index (Phi) is 3.16. The largest absolute Gasteiger partial charge is 0.390 e. The molecule has 1 heterocycles. The summed E-state index contributed by atoms with van der Waals surface area (Å²) in [5.41, 5.74) is 0. The summed E-state index contributed by atoms with van der Waals surface area (Å²) in [6.07, 6.45) is 4.01. The van der Waals surface area contributed by atoms with Gasteiger partial charge in [0.2, 0.25) is 0 Å². The predicted molar refractivity (Wildman–Crippen MR) is 39.9 cm³/mol. The first-order valence-electron chi connectivity index (χ1n) is 4.14. The van der Waals surface area contributed by atoms with Crippen LogP contribution in [-0.4, -0.2) is 23.9 Å². The number of ether oxygens (including phenoxy) is 1. The molecule has 0 spiro atoms. The zero-order chi connectivity index (χ0) is 7.40. The molecule has 1 rings (SSSR count). The van der Waals surface area contributed by atoms with Gasteiger partial charge in [-0.2, -0.15) is 0 Å². The summed E-state index contributed by atoms with van der Waals surface area (Å²) in [5.74, 6) is 0. The molecule has 1 saturated heterocycles. The molecule has 2 nitrogen and oxygen atoms in total. The van der Waals surface area contributed by atoms with Crippen LogP contribution in [0.3, 0.4) is 0 Å². The molecular formula is C8H16O2. The molecule has 10 heavy (non-hydrogen) atoms. The second-order valence-electron chi connectivity index (χ2n) is 2.91. The molecule has 2 atom stereocenters. The third-order valence-corrected chi connectivity index (χ3v) is 1.98. The standard InChI is InChI=1S/C8H16O2/c1-2-4-7(9)8-5-3-6-10-8/h7-9H,2-6H2,1H3/t7-,8?/m1/s1. The van der Waals surface area contributed by atoms with E-state index in [9.17, 15) is 5.11 Å². The van der Waals surface area contributed by atoms with Gasteiger partial charge in [-0.15, -0.1) is 0 Å². The van der Waals surface area contributed by atoms with E-state index in [1.54, 1.807) is 0 Å². The van der Waals surface area contributed by atoms with Crippen LogP contribution in [0.5, 0.6) is 0 Å². The zero-order valence-electron chi connectivity index (χ0n) is 6.55. The molecule has 1 unspecified atom stereocenters. The third-order valence-electron chi connectivity index (χ3n) is 1.98. The molecule has 0 aromatic carbocycles. The van der Waals surface area contributed by atoms with Crippen molar-refractivity contribution in [2.45, 2.75) is 44.8 Å². The van der Waals surface area contributed by atoms with E-state index in [1.165, 1.54) is 0 Å². The summed E-state index contributed by atoms with van der Waals surface area (Å²) < 4.78 is 5.32. The van der Waals surface area contributed by atoms with Gasteiger partial charge in [0, 0.05) is 6.61 Å². The molecule has 1 aliphatic rings. The Morgan fingerprint density at radius 1 is 1.70 bits per heavy atom. The van der Waals surface area contributed by atoms with Gasteiger partial charge in [-0.3, -0.25) is 0 Å². The quantitative estimate of drug-likeness (QED) is 0.647. The molecule has 60 valence electrons. The van der Waals surface area contributed by atoms with E-state index in [0.29, 0.717) is 0 Å². The van der Waals surface area contributed by atoms with Crippen molar-refractivity contribution in [1.82, 2.24) is 0 Å². The molecule has 0 amide bonds. The van der Waals surface area contributed by atoms with Crippen molar-refractivity contribution in [3.05, 3.63) is 0 Å². The summed E-state index contributed by atoms with van der Waals surface area (Å²) in [4.78, 5) is 0. The maximum absolute atomic E-state index is 9.42. The number of aliphatic hydroxyl groups is 1. The Hall–Kier alpha value is -0.0800. The Morgan fingerprint density at radius 3 is 3.00 bits per heavy atom. The predicted octanol–water partition coefficient (Wildman–Crippen LogP) is 1.33. The average Bonchev–Trinajstić information content (AvgIpc) is 2.38. The number of aliphatic hydroxyl groups excluding tert-OH is 1. The van der Waals surface area contributed by atoms with Crippen LogP contribution in [0.1, 0.15) is 32.6 Å². The van der Waals surface area contributed by atoms with Crippen LogP contribution >= 0.6 is 0 Å². The first-order chi connectivity index (χ1) is 4.84. The molecule has 0 aromatic rings. The van der Waals surface area contributed by atoms with E-state index >= 15 is 0 Å². The molecule has 0 bridgehead atoms. The van der Waals surface area contributed by atoms with Gasteiger partial charge in [-0.05, 0) is 19.3 Å². The van der Waals surface area contributed by atoms with E-state index in [2.05, 4.69) is 6.92 Å². The van der Waals surface area contributed by atoms with Gasteiger partial charge in [-0.25, -0.2) is 0 Å². The maximum Gasteiger partial charge on any atom is 0.0834 e. The summed E-state index contributed by atoms with van der Waals surface area (Å²) in [6.45, 7) is 2.92. The highest BCUT2D eigenvalue weighted by Crippen LogP contribution is 2.17. The number of hydrogen-bond acceptors (Lipinski definition) is 2. The van der Waals surface area contributed by atoms with Gasteiger partial charge in [0.05, 0.1) is 12.2 Å². The first kappa shape index (κ1) is 8.02. The second kappa shape index (κ2) is 3.94. The monoisotopic (exact) mass is 144 g/mol. The van der Waals surface area contributed by atoms with Crippen LogP contribution in [0.25, 0.3) is 0 Å². The average molecular weight is 144 g/mol. The number of hydrogen-bond donors (Lipinski definition) is 1. The van der Waals surface area contributed by atoms with E-state index in [0.717, 1.165) is 32.3 Å². The molecule has 1 aliphatic heterocycles. The van der Waals surface area contributed by atoms with Crippen LogP contribution < -0.4 is 0 Å². The lowest BCUT2D eigenvalue weighted by Crippen LogP contribution is -2.24. The Morgan fingerprint density at radius 2 is 2.50 bits per heavy atom. The molecule has 1 fully saturated rings. The fourth-order valence-corrected chi connectivity index (χ4v) is 1.39. The van der Waals surface area contributed by atoms with Crippen LogP contribution in [-0.2, 0) is 4.74 Å². The fourth-order valence-electron chi connectivity index (χ4n) is 1.39. The van der Waals surface area contributed by atoms with E-state index < -0.39 is 0 Å². The highest BCUT2D eigenvalue weighted by atomic mass is 16.5. The van der Waals surface area contributed by atoms with Crippen molar-refractivity contribution >= 4 is 0 Å². The normalized spacial score (nSPS) is 28.8. The van der Waals surface area contributed by atoms with Crippen molar-refractivity contribution in [3.8, 4) is 0 Å². The molecular weight excluding hydrogens is 128 g/mol. The van der Waals surface area contributed by atoms with Crippen LogP contribution in [0.2, 0.25) is 0 Å². The van der Waals surface area contributed by atoms with Crippen molar-refractivity contribution in [3.63, 3.8) is 0 Å². The molecule has 2 heteroatoms. The van der Waals surface area contributed by atoms with Crippen molar-refractivity contribution < 1.29 is 9.84 Å². The van der Waals surface area contributed by atoms with Crippen LogP contribution in [0, 0.1) is 0 Å². The SMILES string of the molecule is CCC[C@@H](O)C1CCCO1. The smallest absolute Gasteiger partial charge is 0.0834 e. The van der Waals surface area contributed by atoms with Crippen molar-refractivity contribution in [2.24, 2.45) is 0 Å². The molecule has 0 aromatic heterocycles. The lowest BCUT2D eigenvalue weighted by atomic mass is 10.1. The fraction of sp³-hybridized carbons (Fsp3) is 1.00. The number of rotatable bonds is 3. The lowest BCUT2D eigenvalue weighted by molar-refractivity contribution is -0.00549. The minimum Gasteiger partial charge on any atom is -0.390 e. The molecule has 0 aliphatic carbocycles. The van der Waals surface area contributed by atoms with Crippen LogP contribution in [0.15, 0.2) is 0 Å². The topological polar surface area (TPSA) is 29.5 Å². The Labute approximate surface area is 62.2 Å². The highest BCUT2D eigenvalue weighted by Gasteiger charge is 2.22. The van der Waals surface area contributed by atoms with Gasteiger partial charge in [0.25, 0.3) is 0 Å². The minimum absolute atomic E-state index is 0.139. The van der Waals surface area contributed by atoms with Gasteiger partial charge in [0.15, 0.2) is 0 Å². The van der Waals surface area contributed by atoms with Crippen molar-refractivity contribution in [2.75, 3.05) is 6.61 Å². The summed E-state index contributed by atoms with van der Waals surface area (Å²) in [5, 5.41) is 9.42. The Balaban J connectivity index is 2.18. The van der Waals surface area contributed by atoms with Crippen LogP contribution in [0.4, 0.5) is 0 Å². The third kappa shape index (κ3) is 1.96. The Bertz CT molecular complexity index is 87.3. The summed E-state index contributed by atoms with van der Waals surface area (Å²) in [7, 11) is 0. The summed E-state index contributed by atoms with van der Waals surface area (Å²) in [6, 6.07) is 0. The van der Waals surface area contributed by atoms with E-state index in [1.807, 2.05) is 0 Å². The van der Waals surface area contributed by atoms with Crippen molar-refractivity contribution in [1.29, 1.82) is 0 Å². The van der Waals surface area contributed by atoms with Gasteiger partial charge < -0.3 is 9.84 Å². The summed E-state index contributed by atoms with van der Waals surface area (Å²) >= 11 is 0. The minimum atomic E-state index is -0.215. The van der Waals surface area contributed by atoms with Gasteiger partial charge in [-0.1, -0.05) is 13.3 Å². The van der Waals surface area contributed by atoms with Gasteiger partial charge in [0.1, 0.15) is 0 Å². The lowest BCUT2D eigenvalue weighted by Gasteiger charge is -2.15. The second-order valence-corrected chi connectivity index (χ2v) is 2.91. The molecule has 0 radical (unpaired) electrons. The first-order valence-corrected chi connectivity index (χ1v) is 4.14. The van der Waals surface area contributed by atoms with E-state index in [-0.39, 0.29) is 12.2 Å². The highest BCUT2D eigenvalue weighted by molar-refractivity contribution is 4.72. The molecule has 0 saturated carbocycles. The zero-order valence-corrected chi connectivity index (χ0v) is 6.55. The molecule has 1 N–H and O–H groups in total. The van der Waals surface area contributed by atoms with E-state index in [4.69, 9.17) is 4.74 Å².